The Balaban J connectivity index is 1.68. The molecule has 0 unspecified atom stereocenters. The van der Waals surface area contributed by atoms with Gasteiger partial charge in [-0.2, -0.15) is 0 Å². The SMILES string of the molecule is CC(C)(C#Cc1cc(F)cc2c1CCCN2c1nnc2ncc3cc(F)ccc3n12)C(F)F. The highest BCUT2D eigenvalue weighted by Crippen LogP contribution is 2.36. The van der Waals surface area contributed by atoms with Gasteiger partial charge in [-0.25, -0.2) is 26.9 Å². The van der Waals surface area contributed by atoms with E-state index in [0.29, 0.717) is 53.3 Å². The summed E-state index contributed by atoms with van der Waals surface area (Å²) < 4.78 is 56.5. The lowest BCUT2D eigenvalue weighted by Gasteiger charge is -2.30. The number of rotatable bonds is 2. The number of hydrogen-bond acceptors (Lipinski definition) is 4. The van der Waals surface area contributed by atoms with Crippen LogP contribution in [0.2, 0.25) is 0 Å². The number of hydrogen-bond donors (Lipinski definition) is 0. The molecule has 0 N–H and O–H groups in total. The highest BCUT2D eigenvalue weighted by molar-refractivity contribution is 5.82. The van der Waals surface area contributed by atoms with Crippen LogP contribution < -0.4 is 4.90 Å². The fourth-order valence-corrected chi connectivity index (χ4v) is 3.96. The van der Waals surface area contributed by atoms with Crippen LogP contribution in [0, 0.1) is 28.9 Å². The van der Waals surface area contributed by atoms with Crippen molar-refractivity contribution < 1.29 is 17.6 Å². The highest BCUT2D eigenvalue weighted by Gasteiger charge is 2.28. The summed E-state index contributed by atoms with van der Waals surface area (Å²) in [4.78, 5) is 6.07. The molecule has 0 atom stereocenters. The van der Waals surface area contributed by atoms with Crippen molar-refractivity contribution >= 4 is 28.3 Å². The number of halogens is 4. The van der Waals surface area contributed by atoms with Crippen LogP contribution in [0.5, 0.6) is 0 Å². The molecular weight excluding hydrogens is 434 g/mol. The Bertz CT molecular complexity index is 1450. The molecule has 5 rings (SSSR count). The van der Waals surface area contributed by atoms with Crippen molar-refractivity contribution in [2.45, 2.75) is 33.1 Å². The summed E-state index contributed by atoms with van der Waals surface area (Å²) in [7, 11) is 0. The molecule has 1 aliphatic rings. The zero-order valence-electron chi connectivity index (χ0n) is 17.9. The zero-order chi connectivity index (χ0) is 23.3. The molecule has 1 aliphatic heterocycles. The quantitative estimate of drug-likeness (QED) is 0.306. The topological polar surface area (TPSA) is 46.3 Å². The predicted molar refractivity (Wildman–Crippen MR) is 117 cm³/mol. The zero-order valence-corrected chi connectivity index (χ0v) is 17.9. The molecule has 0 spiro atoms. The van der Waals surface area contributed by atoms with Gasteiger partial charge in [-0.15, -0.1) is 10.2 Å². The van der Waals surface area contributed by atoms with Gasteiger partial charge in [-0.1, -0.05) is 11.8 Å². The van der Waals surface area contributed by atoms with E-state index in [1.807, 2.05) is 4.90 Å². The van der Waals surface area contributed by atoms with Crippen LogP contribution in [0.25, 0.3) is 16.7 Å². The van der Waals surface area contributed by atoms with E-state index in [1.165, 1.54) is 44.3 Å². The fraction of sp³-hybridized carbons (Fsp3) is 0.292. The molecule has 0 radical (unpaired) electrons. The van der Waals surface area contributed by atoms with E-state index < -0.39 is 23.5 Å². The predicted octanol–water partition coefficient (Wildman–Crippen LogP) is 5.28. The van der Waals surface area contributed by atoms with E-state index in [2.05, 4.69) is 27.0 Å². The maximum absolute atomic E-state index is 14.6. The Morgan fingerprint density at radius 1 is 1.06 bits per heavy atom. The molecule has 33 heavy (non-hydrogen) atoms. The molecule has 0 fully saturated rings. The van der Waals surface area contributed by atoms with Gasteiger partial charge in [0.1, 0.15) is 11.6 Å². The van der Waals surface area contributed by atoms with E-state index >= 15 is 0 Å². The Morgan fingerprint density at radius 2 is 1.88 bits per heavy atom. The van der Waals surface area contributed by atoms with Crippen LogP contribution in [0.1, 0.15) is 31.4 Å². The van der Waals surface area contributed by atoms with Crippen molar-refractivity contribution in [1.82, 2.24) is 19.6 Å². The summed E-state index contributed by atoms with van der Waals surface area (Å²) in [5.41, 5.74) is 0.826. The Morgan fingerprint density at radius 3 is 2.67 bits per heavy atom. The van der Waals surface area contributed by atoms with Crippen LogP contribution >= 0.6 is 0 Å². The van der Waals surface area contributed by atoms with Gasteiger partial charge in [0.25, 0.3) is 12.2 Å². The Kier molecular flexibility index (Phi) is 4.96. The van der Waals surface area contributed by atoms with Crippen LogP contribution in [0.15, 0.2) is 36.5 Å². The summed E-state index contributed by atoms with van der Waals surface area (Å²) in [6.45, 7) is 3.24. The van der Waals surface area contributed by atoms with E-state index in [-0.39, 0.29) is 0 Å². The third-order valence-corrected chi connectivity index (χ3v) is 5.78. The van der Waals surface area contributed by atoms with Gasteiger partial charge in [0, 0.05) is 23.7 Å². The average Bonchev–Trinajstić information content (AvgIpc) is 3.21. The Hall–Kier alpha value is -3.67. The summed E-state index contributed by atoms with van der Waals surface area (Å²) >= 11 is 0. The third kappa shape index (κ3) is 3.65. The number of benzene rings is 2. The molecule has 0 saturated heterocycles. The smallest absolute Gasteiger partial charge is 0.256 e. The van der Waals surface area contributed by atoms with Crippen LogP contribution in [0.3, 0.4) is 0 Å². The van der Waals surface area contributed by atoms with Crippen LogP contribution in [-0.2, 0) is 6.42 Å². The molecule has 2 aromatic heterocycles. The minimum absolute atomic E-state index is 0.325. The summed E-state index contributed by atoms with van der Waals surface area (Å²) in [5.74, 6) is 5.19. The first kappa shape index (κ1) is 21.2. The van der Waals surface area contributed by atoms with E-state index in [9.17, 15) is 17.6 Å². The molecule has 2 aromatic carbocycles. The molecule has 5 nitrogen and oxygen atoms in total. The largest absolute Gasteiger partial charge is 0.310 e. The van der Waals surface area contributed by atoms with Gasteiger partial charge in [-0.3, -0.25) is 0 Å². The van der Waals surface area contributed by atoms with Crippen LogP contribution in [0.4, 0.5) is 29.2 Å². The first-order valence-electron chi connectivity index (χ1n) is 10.5. The van der Waals surface area contributed by atoms with Gasteiger partial charge >= 0.3 is 0 Å². The second-order valence-electron chi connectivity index (χ2n) is 8.58. The molecule has 4 aromatic rings. The minimum Gasteiger partial charge on any atom is -0.310 e. The van der Waals surface area contributed by atoms with Gasteiger partial charge in [0.15, 0.2) is 0 Å². The standard InChI is InChI=1S/C24H19F4N5/c1-24(2,21(27)28)8-7-14-10-17(26)12-20-18(14)4-3-9-32(20)23-31-30-22-29-13-15-11-16(25)5-6-19(15)33(22)23/h5-6,10-13,21H,3-4,9H2,1-2H3. The van der Waals surface area contributed by atoms with Gasteiger partial charge in [-0.05, 0) is 62.6 Å². The van der Waals surface area contributed by atoms with Crippen molar-refractivity contribution in [2.75, 3.05) is 11.4 Å². The van der Waals surface area contributed by atoms with Crippen molar-refractivity contribution in [3.8, 4) is 11.8 Å². The summed E-state index contributed by atoms with van der Waals surface area (Å²) in [6, 6.07) is 6.99. The lowest BCUT2D eigenvalue weighted by Crippen LogP contribution is -2.27. The minimum atomic E-state index is -2.63. The number of nitrogens with zero attached hydrogens (tertiary/aromatic N) is 5. The molecule has 9 heteroatoms. The van der Waals surface area contributed by atoms with E-state index in [0.717, 1.165) is 5.56 Å². The van der Waals surface area contributed by atoms with Crippen molar-refractivity contribution in [3.63, 3.8) is 0 Å². The first-order chi connectivity index (χ1) is 15.7. The number of fused-ring (bicyclic) bond motifs is 4. The summed E-state index contributed by atoms with van der Waals surface area (Å²) in [6.07, 6.45) is 0.229. The highest BCUT2D eigenvalue weighted by atomic mass is 19.3. The van der Waals surface area contributed by atoms with Gasteiger partial charge < -0.3 is 4.90 Å². The monoisotopic (exact) mass is 453 g/mol. The molecule has 0 bridgehead atoms. The molecule has 3 heterocycles. The van der Waals surface area contributed by atoms with Crippen molar-refractivity contribution in [2.24, 2.45) is 5.41 Å². The van der Waals surface area contributed by atoms with E-state index in [4.69, 9.17) is 0 Å². The third-order valence-electron chi connectivity index (χ3n) is 5.78. The Labute approximate surface area is 187 Å². The maximum Gasteiger partial charge on any atom is 0.256 e. The lowest BCUT2D eigenvalue weighted by atomic mass is 9.92. The molecular formula is C24H19F4N5. The number of aromatic nitrogens is 4. The van der Waals surface area contributed by atoms with Crippen molar-refractivity contribution in [1.29, 1.82) is 0 Å². The second kappa shape index (κ2) is 7.73. The van der Waals surface area contributed by atoms with Gasteiger partial charge in [0.2, 0.25) is 5.95 Å². The van der Waals surface area contributed by atoms with E-state index in [1.54, 1.807) is 10.5 Å². The molecule has 168 valence electrons. The fourth-order valence-electron chi connectivity index (χ4n) is 3.96. The molecule has 0 saturated carbocycles. The van der Waals surface area contributed by atoms with Gasteiger partial charge in [0.05, 0.1) is 16.6 Å². The second-order valence-corrected chi connectivity index (χ2v) is 8.58. The number of alkyl halides is 2. The van der Waals surface area contributed by atoms with Crippen molar-refractivity contribution in [3.05, 3.63) is 59.3 Å². The van der Waals surface area contributed by atoms with Crippen LogP contribution in [-0.4, -0.2) is 32.6 Å². The first-order valence-corrected chi connectivity index (χ1v) is 10.5. The normalized spacial score (nSPS) is 14.0. The molecule has 0 aliphatic carbocycles. The molecule has 0 amide bonds. The lowest BCUT2D eigenvalue weighted by molar-refractivity contribution is 0.0570. The average molecular weight is 453 g/mol. The summed E-state index contributed by atoms with van der Waals surface area (Å²) in [5, 5.41) is 8.99. The number of anilines is 2. The maximum atomic E-state index is 14.6.